The molecule has 2 nitrogen and oxygen atoms in total. The van der Waals surface area contributed by atoms with Gasteiger partial charge in [0.1, 0.15) is 5.82 Å². The third-order valence-corrected chi connectivity index (χ3v) is 3.09. The molecule has 0 bridgehead atoms. The van der Waals surface area contributed by atoms with Gasteiger partial charge in [-0.3, -0.25) is 0 Å². The molecule has 1 aliphatic rings. The van der Waals surface area contributed by atoms with E-state index in [1.165, 1.54) is 29.9 Å². The molecule has 1 aliphatic carbocycles. The minimum absolute atomic E-state index is 0.509. The second-order valence-corrected chi connectivity index (χ2v) is 4.74. The second-order valence-electron chi connectivity index (χ2n) is 4.74. The molecule has 0 atom stereocenters. The van der Waals surface area contributed by atoms with Gasteiger partial charge in [0.25, 0.3) is 0 Å². The normalized spacial score (nSPS) is 16.5. The molecule has 2 heteroatoms. The Morgan fingerprint density at radius 3 is 2.80 bits per heavy atom. The number of pyridine rings is 1. The van der Waals surface area contributed by atoms with Crippen LogP contribution in [0.4, 0.5) is 0 Å². The van der Waals surface area contributed by atoms with Crippen LogP contribution >= 0.6 is 0 Å². The second kappa shape index (κ2) is 3.09. The lowest BCUT2D eigenvalue weighted by molar-refractivity contribution is 0.824. The van der Waals surface area contributed by atoms with Gasteiger partial charge in [0.05, 0.1) is 11.2 Å². The summed E-state index contributed by atoms with van der Waals surface area (Å²) in [5.41, 5.74) is 2.53. The summed E-state index contributed by atoms with van der Waals surface area (Å²) in [4.78, 5) is 4.81. The largest absolute Gasteiger partial charge is 0.303 e. The molecule has 0 radical (unpaired) electrons. The fourth-order valence-electron chi connectivity index (χ4n) is 2.14. The maximum absolute atomic E-state index is 4.81. The van der Waals surface area contributed by atoms with Gasteiger partial charge >= 0.3 is 0 Å². The Morgan fingerprint density at radius 1 is 1.33 bits per heavy atom. The van der Waals surface area contributed by atoms with E-state index in [1.807, 2.05) is 0 Å². The number of hydrogen-bond acceptors (Lipinski definition) is 1. The molecule has 1 fully saturated rings. The van der Waals surface area contributed by atoms with E-state index in [0.29, 0.717) is 11.8 Å². The third-order valence-electron chi connectivity index (χ3n) is 3.09. The van der Waals surface area contributed by atoms with Crippen molar-refractivity contribution in [3.05, 3.63) is 35.9 Å². The first kappa shape index (κ1) is 8.96. The van der Waals surface area contributed by atoms with Crippen molar-refractivity contribution >= 4 is 5.52 Å². The molecule has 0 saturated heterocycles. The summed E-state index contributed by atoms with van der Waals surface area (Å²) in [5.74, 6) is 2.50. The lowest BCUT2D eigenvalue weighted by Crippen LogP contribution is -1.90. The Bertz CT molecular complexity index is 456. The van der Waals surface area contributed by atoms with Gasteiger partial charge in [0.15, 0.2) is 0 Å². The molecular formula is C13H16N2. The van der Waals surface area contributed by atoms with Crippen LogP contribution in [0.3, 0.4) is 0 Å². The Hall–Kier alpha value is -1.31. The first-order valence-electron chi connectivity index (χ1n) is 5.74. The minimum atomic E-state index is 0.509. The Balaban J connectivity index is 2.27. The summed E-state index contributed by atoms with van der Waals surface area (Å²) in [6.45, 7) is 4.43. The first-order chi connectivity index (χ1) is 7.27. The zero-order chi connectivity index (χ0) is 10.4. The van der Waals surface area contributed by atoms with Gasteiger partial charge < -0.3 is 4.40 Å². The summed E-state index contributed by atoms with van der Waals surface area (Å²) >= 11 is 0. The molecule has 1 saturated carbocycles. The van der Waals surface area contributed by atoms with Crippen LogP contribution in [0.2, 0.25) is 0 Å². The maximum atomic E-state index is 4.81. The SMILES string of the molecule is CC(C)c1nc(C2CC2)n2ccccc12. The predicted octanol–water partition coefficient (Wildman–Crippen LogP) is 3.34. The minimum Gasteiger partial charge on any atom is -0.303 e. The van der Waals surface area contributed by atoms with Crippen molar-refractivity contribution in [2.75, 3.05) is 0 Å². The van der Waals surface area contributed by atoms with Crippen LogP contribution < -0.4 is 0 Å². The zero-order valence-electron chi connectivity index (χ0n) is 9.27. The highest BCUT2D eigenvalue weighted by molar-refractivity contribution is 5.55. The van der Waals surface area contributed by atoms with E-state index in [-0.39, 0.29) is 0 Å². The van der Waals surface area contributed by atoms with Crippen LogP contribution in [0.25, 0.3) is 5.52 Å². The van der Waals surface area contributed by atoms with Gasteiger partial charge in [0, 0.05) is 12.1 Å². The highest BCUT2D eigenvalue weighted by Crippen LogP contribution is 2.40. The highest BCUT2D eigenvalue weighted by Gasteiger charge is 2.29. The quantitative estimate of drug-likeness (QED) is 0.726. The predicted molar refractivity (Wildman–Crippen MR) is 61.3 cm³/mol. The summed E-state index contributed by atoms with van der Waals surface area (Å²) in [5, 5.41) is 0. The van der Waals surface area contributed by atoms with Crippen molar-refractivity contribution < 1.29 is 0 Å². The molecule has 2 aromatic rings. The van der Waals surface area contributed by atoms with Crippen LogP contribution in [0.15, 0.2) is 24.4 Å². The lowest BCUT2D eigenvalue weighted by Gasteiger charge is -2.00. The number of fused-ring (bicyclic) bond motifs is 1. The molecule has 2 aromatic heterocycles. The van der Waals surface area contributed by atoms with Crippen molar-refractivity contribution in [2.45, 2.75) is 38.5 Å². The van der Waals surface area contributed by atoms with Crippen molar-refractivity contribution in [3.8, 4) is 0 Å². The fourth-order valence-corrected chi connectivity index (χ4v) is 2.14. The summed E-state index contributed by atoms with van der Waals surface area (Å²) in [7, 11) is 0. The van der Waals surface area contributed by atoms with Gasteiger partial charge in [-0.05, 0) is 30.9 Å². The molecule has 15 heavy (non-hydrogen) atoms. The molecule has 0 unspecified atom stereocenters. The van der Waals surface area contributed by atoms with Crippen molar-refractivity contribution in [1.29, 1.82) is 0 Å². The third kappa shape index (κ3) is 1.36. The molecule has 78 valence electrons. The van der Waals surface area contributed by atoms with Crippen molar-refractivity contribution in [1.82, 2.24) is 9.38 Å². The van der Waals surface area contributed by atoms with Gasteiger partial charge in [-0.15, -0.1) is 0 Å². The fraction of sp³-hybridized carbons (Fsp3) is 0.462. The van der Waals surface area contributed by atoms with E-state index in [2.05, 4.69) is 42.6 Å². The topological polar surface area (TPSA) is 17.3 Å². The average molecular weight is 200 g/mol. The van der Waals surface area contributed by atoms with E-state index >= 15 is 0 Å². The summed E-state index contributed by atoms with van der Waals surface area (Å²) in [6.07, 6.45) is 4.76. The van der Waals surface area contributed by atoms with E-state index in [4.69, 9.17) is 4.98 Å². The van der Waals surface area contributed by atoms with Crippen LogP contribution in [-0.2, 0) is 0 Å². The van der Waals surface area contributed by atoms with Crippen LogP contribution in [0.1, 0.15) is 50.0 Å². The molecule has 0 amide bonds. The summed E-state index contributed by atoms with van der Waals surface area (Å²) < 4.78 is 2.27. The van der Waals surface area contributed by atoms with Crippen LogP contribution in [0.5, 0.6) is 0 Å². The number of imidazole rings is 1. The van der Waals surface area contributed by atoms with Gasteiger partial charge in [-0.25, -0.2) is 4.98 Å². The Morgan fingerprint density at radius 2 is 2.13 bits per heavy atom. The molecule has 0 N–H and O–H groups in total. The standard InChI is InChI=1S/C13H16N2/c1-9(2)12-11-5-3-4-8-15(11)13(14-12)10-6-7-10/h3-5,8-10H,6-7H2,1-2H3. The molecule has 0 aliphatic heterocycles. The van der Waals surface area contributed by atoms with Crippen LogP contribution in [-0.4, -0.2) is 9.38 Å². The van der Waals surface area contributed by atoms with Crippen molar-refractivity contribution in [3.63, 3.8) is 0 Å². The van der Waals surface area contributed by atoms with Gasteiger partial charge in [-0.1, -0.05) is 19.9 Å². The molecule has 2 heterocycles. The molecular weight excluding hydrogens is 184 g/mol. The molecule has 0 spiro atoms. The van der Waals surface area contributed by atoms with Gasteiger partial charge in [-0.2, -0.15) is 0 Å². The number of rotatable bonds is 2. The maximum Gasteiger partial charge on any atom is 0.116 e. The highest BCUT2D eigenvalue weighted by atomic mass is 15.0. The Kier molecular flexibility index (Phi) is 1.84. The van der Waals surface area contributed by atoms with Crippen LogP contribution in [0, 0.1) is 0 Å². The van der Waals surface area contributed by atoms with Crippen molar-refractivity contribution in [2.24, 2.45) is 0 Å². The smallest absolute Gasteiger partial charge is 0.116 e. The first-order valence-corrected chi connectivity index (χ1v) is 5.74. The zero-order valence-corrected chi connectivity index (χ0v) is 9.27. The van der Waals surface area contributed by atoms with E-state index in [9.17, 15) is 0 Å². The molecule has 3 rings (SSSR count). The number of aromatic nitrogens is 2. The number of hydrogen-bond donors (Lipinski definition) is 0. The lowest BCUT2D eigenvalue weighted by atomic mass is 10.1. The van der Waals surface area contributed by atoms with E-state index < -0.39 is 0 Å². The Labute approximate surface area is 90.0 Å². The summed E-state index contributed by atoms with van der Waals surface area (Å²) in [6, 6.07) is 6.36. The molecule has 0 aromatic carbocycles. The van der Waals surface area contributed by atoms with E-state index in [1.54, 1.807) is 0 Å². The monoisotopic (exact) mass is 200 g/mol. The average Bonchev–Trinajstić information content (AvgIpc) is 2.99. The van der Waals surface area contributed by atoms with E-state index in [0.717, 1.165) is 0 Å². The number of nitrogens with zero attached hydrogens (tertiary/aromatic N) is 2. The van der Waals surface area contributed by atoms with Gasteiger partial charge in [0.2, 0.25) is 0 Å².